The van der Waals surface area contributed by atoms with Crippen molar-refractivity contribution >= 4 is 0 Å². The summed E-state index contributed by atoms with van der Waals surface area (Å²) in [6.45, 7) is 9.28. The van der Waals surface area contributed by atoms with E-state index in [4.69, 9.17) is 4.74 Å². The molecule has 0 amide bonds. The number of hydrogen-bond donors (Lipinski definition) is 1. The van der Waals surface area contributed by atoms with Gasteiger partial charge in [-0.3, -0.25) is 4.90 Å². The second-order valence-corrected chi connectivity index (χ2v) is 5.14. The average molecular weight is 248 g/mol. The van der Waals surface area contributed by atoms with Crippen LogP contribution in [0.2, 0.25) is 0 Å². The summed E-state index contributed by atoms with van der Waals surface area (Å²) in [4.78, 5) is 2.49. The molecule has 1 aromatic carbocycles. The Morgan fingerprint density at radius 3 is 3.00 bits per heavy atom. The summed E-state index contributed by atoms with van der Waals surface area (Å²) in [6.07, 6.45) is 0.328. The molecule has 1 heterocycles. The predicted octanol–water partition coefficient (Wildman–Crippen LogP) is 1.72. The maximum atomic E-state index is 5.74. The van der Waals surface area contributed by atoms with Gasteiger partial charge < -0.3 is 10.1 Å². The van der Waals surface area contributed by atoms with Crippen LogP contribution in [0, 0.1) is 13.8 Å². The molecule has 0 saturated carbocycles. The second-order valence-electron chi connectivity index (χ2n) is 5.14. The van der Waals surface area contributed by atoms with Gasteiger partial charge in [0, 0.05) is 26.2 Å². The van der Waals surface area contributed by atoms with E-state index in [9.17, 15) is 0 Å². The summed E-state index contributed by atoms with van der Waals surface area (Å²) in [5.41, 5.74) is 4.25. The van der Waals surface area contributed by atoms with Gasteiger partial charge in [-0.2, -0.15) is 0 Å². The number of hydrogen-bond acceptors (Lipinski definition) is 3. The topological polar surface area (TPSA) is 24.5 Å². The van der Waals surface area contributed by atoms with Gasteiger partial charge in [-0.25, -0.2) is 0 Å². The van der Waals surface area contributed by atoms with Crippen molar-refractivity contribution in [2.75, 3.05) is 33.3 Å². The highest BCUT2D eigenvalue weighted by molar-refractivity contribution is 5.33. The van der Waals surface area contributed by atoms with Crippen LogP contribution in [-0.4, -0.2) is 44.3 Å². The first-order valence-corrected chi connectivity index (χ1v) is 6.74. The zero-order valence-corrected chi connectivity index (χ0v) is 11.7. The quantitative estimate of drug-likeness (QED) is 0.878. The molecule has 1 aromatic rings. The number of rotatable bonds is 4. The molecule has 1 saturated heterocycles. The van der Waals surface area contributed by atoms with E-state index in [1.165, 1.54) is 16.7 Å². The molecule has 0 bridgehead atoms. The normalized spacial score (nSPS) is 21.2. The number of nitrogens with one attached hydrogen (secondary N) is 1. The van der Waals surface area contributed by atoms with Gasteiger partial charge in [-0.15, -0.1) is 0 Å². The fourth-order valence-electron chi connectivity index (χ4n) is 2.50. The lowest BCUT2D eigenvalue weighted by molar-refractivity contribution is -0.0291. The first-order chi connectivity index (χ1) is 8.70. The lowest BCUT2D eigenvalue weighted by Crippen LogP contribution is -2.45. The fourth-order valence-corrected chi connectivity index (χ4v) is 2.50. The SMILES string of the molecule is CNCC1CN(Cc2cccc(C)c2C)CCO1. The lowest BCUT2D eigenvalue weighted by atomic mass is 10.0. The van der Waals surface area contributed by atoms with Gasteiger partial charge in [-0.1, -0.05) is 18.2 Å². The first-order valence-electron chi connectivity index (χ1n) is 6.74. The van der Waals surface area contributed by atoms with Crippen LogP contribution in [0.5, 0.6) is 0 Å². The highest BCUT2D eigenvalue weighted by Gasteiger charge is 2.20. The van der Waals surface area contributed by atoms with E-state index in [0.717, 1.165) is 32.8 Å². The molecular weight excluding hydrogens is 224 g/mol. The standard InChI is InChI=1S/C15H24N2O/c1-12-5-4-6-14(13(12)2)10-17-7-8-18-15(11-17)9-16-3/h4-6,15-16H,7-11H2,1-3H3. The Bertz CT molecular complexity index is 390. The number of ether oxygens (including phenoxy) is 1. The van der Waals surface area contributed by atoms with E-state index in [1.54, 1.807) is 0 Å². The molecule has 18 heavy (non-hydrogen) atoms. The molecule has 1 aliphatic heterocycles. The molecule has 1 aliphatic rings. The van der Waals surface area contributed by atoms with Crippen molar-refractivity contribution in [1.82, 2.24) is 10.2 Å². The second kappa shape index (κ2) is 6.32. The Hall–Kier alpha value is -0.900. The van der Waals surface area contributed by atoms with Crippen molar-refractivity contribution in [2.45, 2.75) is 26.5 Å². The largest absolute Gasteiger partial charge is 0.374 e. The van der Waals surface area contributed by atoms with Gasteiger partial charge in [0.1, 0.15) is 0 Å². The van der Waals surface area contributed by atoms with E-state index in [0.29, 0.717) is 6.10 Å². The van der Waals surface area contributed by atoms with Crippen LogP contribution in [0.3, 0.4) is 0 Å². The molecule has 0 aliphatic carbocycles. The third kappa shape index (κ3) is 3.31. The number of likely N-dealkylation sites (N-methyl/N-ethyl adjacent to an activating group) is 1. The summed E-state index contributed by atoms with van der Waals surface area (Å²) in [5.74, 6) is 0. The Balaban J connectivity index is 1.98. The molecule has 100 valence electrons. The van der Waals surface area contributed by atoms with Crippen LogP contribution >= 0.6 is 0 Å². The fraction of sp³-hybridized carbons (Fsp3) is 0.600. The Morgan fingerprint density at radius 2 is 2.22 bits per heavy atom. The highest BCUT2D eigenvalue weighted by atomic mass is 16.5. The lowest BCUT2D eigenvalue weighted by Gasteiger charge is -2.33. The minimum atomic E-state index is 0.328. The Kier molecular flexibility index (Phi) is 4.75. The molecule has 1 fully saturated rings. The van der Waals surface area contributed by atoms with Crippen LogP contribution in [0.4, 0.5) is 0 Å². The Morgan fingerprint density at radius 1 is 1.39 bits per heavy atom. The third-order valence-corrected chi connectivity index (χ3v) is 3.77. The van der Waals surface area contributed by atoms with Crippen molar-refractivity contribution in [2.24, 2.45) is 0 Å². The number of aryl methyl sites for hydroxylation is 1. The van der Waals surface area contributed by atoms with Gasteiger partial charge in [0.15, 0.2) is 0 Å². The molecule has 3 heteroatoms. The van der Waals surface area contributed by atoms with Crippen LogP contribution in [-0.2, 0) is 11.3 Å². The zero-order valence-electron chi connectivity index (χ0n) is 11.7. The summed E-state index contributed by atoms with van der Waals surface area (Å²) in [7, 11) is 1.98. The van der Waals surface area contributed by atoms with Gasteiger partial charge in [0.2, 0.25) is 0 Å². The van der Waals surface area contributed by atoms with Crippen molar-refractivity contribution in [1.29, 1.82) is 0 Å². The monoisotopic (exact) mass is 248 g/mol. The van der Waals surface area contributed by atoms with Gasteiger partial charge >= 0.3 is 0 Å². The van der Waals surface area contributed by atoms with Gasteiger partial charge in [0.05, 0.1) is 12.7 Å². The highest BCUT2D eigenvalue weighted by Crippen LogP contribution is 2.16. The van der Waals surface area contributed by atoms with E-state index in [2.05, 4.69) is 42.3 Å². The Labute approximate surface area is 110 Å². The van der Waals surface area contributed by atoms with Gasteiger partial charge in [-0.05, 0) is 37.6 Å². The summed E-state index contributed by atoms with van der Waals surface area (Å²) >= 11 is 0. The molecule has 0 spiro atoms. The van der Waals surface area contributed by atoms with Crippen LogP contribution in [0.15, 0.2) is 18.2 Å². The minimum absolute atomic E-state index is 0.328. The van der Waals surface area contributed by atoms with Gasteiger partial charge in [0.25, 0.3) is 0 Å². The van der Waals surface area contributed by atoms with Crippen LogP contribution < -0.4 is 5.32 Å². The maximum Gasteiger partial charge on any atom is 0.0826 e. The average Bonchev–Trinajstić information content (AvgIpc) is 2.36. The first kappa shape index (κ1) is 13.5. The van der Waals surface area contributed by atoms with Crippen molar-refractivity contribution in [3.63, 3.8) is 0 Å². The number of morpholine rings is 1. The number of benzene rings is 1. The molecule has 2 rings (SSSR count). The summed E-state index contributed by atoms with van der Waals surface area (Å²) in [6, 6.07) is 6.58. The molecule has 0 radical (unpaired) electrons. The zero-order chi connectivity index (χ0) is 13.0. The molecule has 0 aromatic heterocycles. The smallest absolute Gasteiger partial charge is 0.0826 e. The summed E-state index contributed by atoms with van der Waals surface area (Å²) in [5, 5.41) is 3.19. The molecule has 1 unspecified atom stereocenters. The summed E-state index contributed by atoms with van der Waals surface area (Å²) < 4.78 is 5.74. The third-order valence-electron chi connectivity index (χ3n) is 3.77. The molecular formula is C15H24N2O. The van der Waals surface area contributed by atoms with Crippen LogP contribution in [0.25, 0.3) is 0 Å². The van der Waals surface area contributed by atoms with E-state index in [-0.39, 0.29) is 0 Å². The van der Waals surface area contributed by atoms with Crippen molar-refractivity contribution in [3.05, 3.63) is 34.9 Å². The predicted molar refractivity (Wildman–Crippen MR) is 74.9 cm³/mol. The minimum Gasteiger partial charge on any atom is -0.374 e. The number of nitrogens with zero attached hydrogens (tertiary/aromatic N) is 1. The maximum absolute atomic E-state index is 5.74. The molecule has 3 nitrogen and oxygen atoms in total. The van der Waals surface area contributed by atoms with Crippen molar-refractivity contribution < 1.29 is 4.74 Å². The van der Waals surface area contributed by atoms with E-state index >= 15 is 0 Å². The van der Waals surface area contributed by atoms with E-state index in [1.807, 2.05) is 7.05 Å². The van der Waals surface area contributed by atoms with Crippen LogP contribution in [0.1, 0.15) is 16.7 Å². The van der Waals surface area contributed by atoms with E-state index < -0.39 is 0 Å². The van der Waals surface area contributed by atoms with Crippen molar-refractivity contribution in [3.8, 4) is 0 Å². The molecule has 1 atom stereocenters. The molecule has 1 N–H and O–H groups in total.